The Balaban J connectivity index is 1.75. The Morgan fingerprint density at radius 1 is 1.25 bits per heavy atom. The van der Waals surface area contributed by atoms with E-state index in [-0.39, 0.29) is 5.91 Å². The third-order valence-corrected chi connectivity index (χ3v) is 3.73. The van der Waals surface area contributed by atoms with E-state index in [0.29, 0.717) is 12.2 Å². The molecule has 1 aromatic carbocycles. The summed E-state index contributed by atoms with van der Waals surface area (Å²) in [4.78, 5) is 14.4. The Morgan fingerprint density at radius 2 is 2.05 bits per heavy atom. The van der Waals surface area contributed by atoms with E-state index in [1.165, 1.54) is 11.1 Å². The molecule has 0 unspecified atom stereocenters. The van der Waals surface area contributed by atoms with Gasteiger partial charge in [0.15, 0.2) is 0 Å². The Bertz CT molecular complexity index is 618. The Morgan fingerprint density at radius 3 is 2.85 bits per heavy atom. The number of fused-ring (bicyclic) bond motifs is 1. The molecule has 0 fully saturated rings. The van der Waals surface area contributed by atoms with Gasteiger partial charge in [0.25, 0.3) is 5.91 Å². The molecule has 0 spiro atoms. The van der Waals surface area contributed by atoms with Gasteiger partial charge in [-0.1, -0.05) is 31.2 Å². The number of aromatic nitrogens is 2. The molecule has 0 N–H and O–H groups in total. The van der Waals surface area contributed by atoms with Crippen molar-refractivity contribution in [2.24, 2.45) is 0 Å². The van der Waals surface area contributed by atoms with E-state index < -0.39 is 0 Å². The number of nitrogens with zero attached hydrogens (tertiary/aromatic N) is 3. The largest absolute Gasteiger partial charge is 0.333 e. The van der Waals surface area contributed by atoms with Crippen LogP contribution in [0.4, 0.5) is 0 Å². The number of hydrogen-bond acceptors (Lipinski definition) is 2. The lowest BCUT2D eigenvalue weighted by Crippen LogP contribution is -2.36. The van der Waals surface area contributed by atoms with Crippen molar-refractivity contribution in [3.05, 3.63) is 53.3 Å². The van der Waals surface area contributed by atoms with E-state index in [4.69, 9.17) is 0 Å². The standard InChI is InChI=1S/C16H19N3O/c1-2-9-19-11-8-15(17-19)16(20)18-10-7-13-5-3-4-6-14(13)12-18/h3-6,8,11H,2,7,9-10,12H2,1H3. The molecule has 3 rings (SSSR count). The zero-order valence-electron chi connectivity index (χ0n) is 11.7. The molecular formula is C16H19N3O. The monoisotopic (exact) mass is 269 g/mol. The minimum absolute atomic E-state index is 0.0364. The maximum Gasteiger partial charge on any atom is 0.274 e. The van der Waals surface area contributed by atoms with E-state index in [1.807, 2.05) is 27.9 Å². The van der Waals surface area contributed by atoms with Crippen molar-refractivity contribution in [3.8, 4) is 0 Å². The van der Waals surface area contributed by atoms with Crippen LogP contribution in [0.15, 0.2) is 36.5 Å². The zero-order chi connectivity index (χ0) is 13.9. The van der Waals surface area contributed by atoms with Crippen LogP contribution in [0.1, 0.15) is 35.0 Å². The van der Waals surface area contributed by atoms with E-state index >= 15 is 0 Å². The third-order valence-electron chi connectivity index (χ3n) is 3.73. The molecule has 0 radical (unpaired) electrons. The van der Waals surface area contributed by atoms with Gasteiger partial charge in [-0.15, -0.1) is 0 Å². The zero-order valence-corrected chi connectivity index (χ0v) is 11.7. The number of carbonyl (C=O) groups excluding carboxylic acids is 1. The summed E-state index contributed by atoms with van der Waals surface area (Å²) in [6, 6.07) is 10.2. The van der Waals surface area contributed by atoms with Crippen molar-refractivity contribution in [3.63, 3.8) is 0 Å². The molecule has 4 nitrogen and oxygen atoms in total. The molecule has 1 aliphatic heterocycles. The van der Waals surface area contributed by atoms with E-state index in [9.17, 15) is 4.79 Å². The molecule has 0 saturated carbocycles. The topological polar surface area (TPSA) is 38.1 Å². The van der Waals surface area contributed by atoms with Gasteiger partial charge in [-0.25, -0.2) is 0 Å². The highest BCUT2D eigenvalue weighted by atomic mass is 16.2. The molecule has 0 saturated heterocycles. The summed E-state index contributed by atoms with van der Waals surface area (Å²) in [5, 5.41) is 4.36. The van der Waals surface area contributed by atoms with Crippen LogP contribution in [0.2, 0.25) is 0 Å². The maximum atomic E-state index is 12.5. The summed E-state index contributed by atoms with van der Waals surface area (Å²) in [6.45, 7) is 4.42. The molecule has 1 aromatic heterocycles. The predicted molar refractivity (Wildman–Crippen MR) is 77.4 cm³/mol. The summed E-state index contributed by atoms with van der Waals surface area (Å²) in [6.07, 6.45) is 3.83. The van der Waals surface area contributed by atoms with Crippen molar-refractivity contribution < 1.29 is 4.79 Å². The molecule has 2 aromatic rings. The molecule has 20 heavy (non-hydrogen) atoms. The number of hydrogen-bond donors (Lipinski definition) is 0. The first-order valence-electron chi connectivity index (χ1n) is 7.17. The van der Waals surface area contributed by atoms with Crippen LogP contribution in [0.25, 0.3) is 0 Å². The maximum absolute atomic E-state index is 12.5. The van der Waals surface area contributed by atoms with Crippen LogP contribution in [0.5, 0.6) is 0 Å². The van der Waals surface area contributed by atoms with Crippen LogP contribution < -0.4 is 0 Å². The number of carbonyl (C=O) groups is 1. The number of rotatable bonds is 3. The molecule has 2 heterocycles. The van der Waals surface area contributed by atoms with E-state index in [1.54, 1.807) is 0 Å². The Kier molecular flexibility index (Phi) is 3.54. The molecule has 1 amide bonds. The quantitative estimate of drug-likeness (QED) is 0.858. The smallest absolute Gasteiger partial charge is 0.274 e. The fourth-order valence-electron chi connectivity index (χ4n) is 2.66. The first kappa shape index (κ1) is 12.9. The first-order valence-corrected chi connectivity index (χ1v) is 7.17. The fraction of sp³-hybridized carbons (Fsp3) is 0.375. The Hall–Kier alpha value is -2.10. The van der Waals surface area contributed by atoms with Gasteiger partial charge in [0.05, 0.1) is 0 Å². The summed E-state index contributed by atoms with van der Waals surface area (Å²) >= 11 is 0. The highest BCUT2D eigenvalue weighted by Crippen LogP contribution is 2.19. The van der Waals surface area contributed by atoms with Gasteiger partial charge in [0, 0.05) is 25.8 Å². The van der Waals surface area contributed by atoms with Gasteiger partial charge >= 0.3 is 0 Å². The van der Waals surface area contributed by atoms with Crippen LogP contribution in [-0.2, 0) is 19.5 Å². The van der Waals surface area contributed by atoms with Crippen LogP contribution >= 0.6 is 0 Å². The number of benzene rings is 1. The van der Waals surface area contributed by atoms with E-state index in [0.717, 1.165) is 25.9 Å². The second-order valence-electron chi connectivity index (χ2n) is 5.21. The van der Waals surface area contributed by atoms with E-state index in [2.05, 4.69) is 30.2 Å². The molecular weight excluding hydrogens is 250 g/mol. The minimum Gasteiger partial charge on any atom is -0.333 e. The van der Waals surface area contributed by atoms with Crippen molar-refractivity contribution in [2.75, 3.05) is 6.54 Å². The second kappa shape index (κ2) is 5.49. The highest BCUT2D eigenvalue weighted by Gasteiger charge is 2.22. The van der Waals surface area contributed by atoms with Crippen molar-refractivity contribution in [1.29, 1.82) is 0 Å². The predicted octanol–water partition coefficient (Wildman–Crippen LogP) is 2.49. The van der Waals surface area contributed by atoms with Crippen molar-refractivity contribution >= 4 is 5.91 Å². The average molecular weight is 269 g/mol. The minimum atomic E-state index is 0.0364. The summed E-state index contributed by atoms with van der Waals surface area (Å²) in [5.74, 6) is 0.0364. The first-order chi connectivity index (χ1) is 9.78. The normalized spacial score (nSPS) is 14.2. The van der Waals surface area contributed by atoms with Gasteiger partial charge in [-0.2, -0.15) is 5.10 Å². The molecule has 4 heteroatoms. The number of aryl methyl sites for hydroxylation is 1. The van der Waals surface area contributed by atoms with Gasteiger partial charge in [-0.05, 0) is 30.0 Å². The summed E-state index contributed by atoms with van der Waals surface area (Å²) in [5.41, 5.74) is 3.16. The molecule has 104 valence electrons. The van der Waals surface area contributed by atoms with Crippen molar-refractivity contribution in [1.82, 2.24) is 14.7 Å². The SMILES string of the molecule is CCCn1ccc(C(=O)N2CCc3ccccc3C2)n1. The van der Waals surface area contributed by atoms with Crippen LogP contribution in [0.3, 0.4) is 0 Å². The van der Waals surface area contributed by atoms with Gasteiger partial charge in [0.1, 0.15) is 5.69 Å². The fourth-order valence-corrected chi connectivity index (χ4v) is 2.66. The van der Waals surface area contributed by atoms with Crippen molar-refractivity contribution in [2.45, 2.75) is 32.9 Å². The summed E-state index contributed by atoms with van der Waals surface area (Å²) < 4.78 is 1.84. The van der Waals surface area contributed by atoms with Crippen LogP contribution in [-0.4, -0.2) is 27.1 Å². The lowest BCUT2D eigenvalue weighted by molar-refractivity contribution is 0.0727. The van der Waals surface area contributed by atoms with Gasteiger partial charge < -0.3 is 4.90 Å². The molecule has 0 atom stereocenters. The third kappa shape index (κ3) is 2.46. The second-order valence-corrected chi connectivity index (χ2v) is 5.21. The lowest BCUT2D eigenvalue weighted by atomic mass is 10.00. The number of amides is 1. The highest BCUT2D eigenvalue weighted by molar-refractivity contribution is 5.92. The lowest BCUT2D eigenvalue weighted by Gasteiger charge is -2.28. The summed E-state index contributed by atoms with van der Waals surface area (Å²) in [7, 11) is 0. The molecule has 0 aliphatic carbocycles. The van der Waals surface area contributed by atoms with Gasteiger partial charge in [-0.3, -0.25) is 9.48 Å². The Labute approximate surface area is 119 Å². The average Bonchev–Trinajstić information content (AvgIpc) is 2.95. The van der Waals surface area contributed by atoms with Crippen LogP contribution in [0, 0.1) is 0 Å². The van der Waals surface area contributed by atoms with Gasteiger partial charge in [0.2, 0.25) is 0 Å². The molecule has 1 aliphatic rings. The molecule has 0 bridgehead atoms.